The number of carbonyl (C=O) groups is 1. The molecule has 3 nitrogen and oxygen atoms in total. The fourth-order valence-corrected chi connectivity index (χ4v) is 5.83. The molecule has 2 aliphatic rings. The number of hydrogen-bond acceptors (Lipinski definition) is 3. The van der Waals surface area contributed by atoms with E-state index in [1.54, 1.807) is 0 Å². The fraction of sp³-hybridized carbons (Fsp3) is 0.808. The lowest BCUT2D eigenvalue weighted by atomic mass is 9.47. The molecular formula is C26H44O3. The van der Waals surface area contributed by atoms with E-state index in [4.69, 9.17) is 4.74 Å². The number of ether oxygens (including phenoxy) is 1. The smallest absolute Gasteiger partial charge is 0.306 e. The Balaban J connectivity index is 1.95. The van der Waals surface area contributed by atoms with E-state index in [0.717, 1.165) is 38.5 Å². The quantitative estimate of drug-likeness (QED) is 0.373. The maximum Gasteiger partial charge on any atom is 0.306 e. The van der Waals surface area contributed by atoms with E-state index in [2.05, 4.69) is 60.6 Å². The summed E-state index contributed by atoms with van der Waals surface area (Å²) in [4.78, 5) is 11.8. The van der Waals surface area contributed by atoms with Gasteiger partial charge in [0, 0.05) is 6.42 Å². The SMILES string of the molecule is CCC(C)CC(=O)OCC=C(C)CCC1C(C)=CCC2C(C)(C)C(O)CCC12C. The molecule has 0 aromatic heterocycles. The van der Waals surface area contributed by atoms with Crippen LogP contribution in [0.3, 0.4) is 0 Å². The molecule has 0 aromatic carbocycles. The summed E-state index contributed by atoms with van der Waals surface area (Å²) in [6.45, 7) is 16.0. The van der Waals surface area contributed by atoms with E-state index in [9.17, 15) is 9.90 Å². The summed E-state index contributed by atoms with van der Waals surface area (Å²) in [6.07, 6.45) is 11.1. The highest BCUT2D eigenvalue weighted by Gasteiger charge is 2.54. The molecule has 2 rings (SSSR count). The largest absolute Gasteiger partial charge is 0.461 e. The standard InChI is InChI=1S/C26H44O3/c1-8-18(2)17-24(28)29-16-14-19(3)9-11-21-20(4)10-12-22-25(5,6)23(27)13-15-26(21,22)7/h10,14,18,21-23,27H,8-9,11-13,15-17H2,1-7H3. The molecule has 2 aliphatic carbocycles. The van der Waals surface area contributed by atoms with Crippen LogP contribution in [0.1, 0.15) is 93.4 Å². The van der Waals surface area contributed by atoms with Gasteiger partial charge in [0.25, 0.3) is 0 Å². The number of fused-ring (bicyclic) bond motifs is 1. The lowest BCUT2D eigenvalue weighted by Crippen LogP contribution is -2.54. The number of aliphatic hydroxyl groups is 1. The second-order valence-electron chi connectivity index (χ2n) is 10.7. The number of aliphatic hydroxyl groups excluding tert-OH is 1. The summed E-state index contributed by atoms with van der Waals surface area (Å²) in [5.74, 6) is 1.39. The van der Waals surface area contributed by atoms with Crippen LogP contribution in [0.5, 0.6) is 0 Å². The predicted octanol–water partition coefficient (Wildman–Crippen LogP) is 6.46. The molecule has 3 heteroatoms. The second kappa shape index (κ2) is 9.81. The highest BCUT2D eigenvalue weighted by Crippen LogP contribution is 2.60. The van der Waals surface area contributed by atoms with Crippen LogP contribution in [-0.4, -0.2) is 23.8 Å². The molecule has 0 aromatic rings. The fourth-order valence-electron chi connectivity index (χ4n) is 5.83. The van der Waals surface area contributed by atoms with Crippen LogP contribution >= 0.6 is 0 Å². The van der Waals surface area contributed by atoms with Gasteiger partial charge in [-0.15, -0.1) is 0 Å². The average Bonchev–Trinajstić information content (AvgIpc) is 2.64. The van der Waals surface area contributed by atoms with Crippen LogP contribution in [0.25, 0.3) is 0 Å². The monoisotopic (exact) mass is 404 g/mol. The van der Waals surface area contributed by atoms with Crippen LogP contribution < -0.4 is 0 Å². The van der Waals surface area contributed by atoms with Crippen LogP contribution in [-0.2, 0) is 9.53 Å². The summed E-state index contributed by atoms with van der Waals surface area (Å²) in [5.41, 5.74) is 3.04. The van der Waals surface area contributed by atoms with Crippen LogP contribution in [0.4, 0.5) is 0 Å². The summed E-state index contributed by atoms with van der Waals surface area (Å²) >= 11 is 0. The van der Waals surface area contributed by atoms with Crippen molar-refractivity contribution in [3.63, 3.8) is 0 Å². The lowest BCUT2D eigenvalue weighted by Gasteiger charge is -2.58. The van der Waals surface area contributed by atoms with E-state index in [1.165, 1.54) is 11.1 Å². The zero-order chi connectivity index (χ0) is 21.8. The third kappa shape index (κ3) is 5.54. The molecule has 1 fully saturated rings. The molecule has 0 heterocycles. The minimum Gasteiger partial charge on any atom is -0.461 e. The number of allylic oxidation sites excluding steroid dienone is 3. The Morgan fingerprint density at radius 2 is 2.07 bits per heavy atom. The molecule has 5 atom stereocenters. The topological polar surface area (TPSA) is 46.5 Å². The van der Waals surface area contributed by atoms with E-state index in [-0.39, 0.29) is 22.9 Å². The van der Waals surface area contributed by atoms with Gasteiger partial charge in [0.05, 0.1) is 6.10 Å². The van der Waals surface area contributed by atoms with Crippen LogP contribution in [0.15, 0.2) is 23.3 Å². The summed E-state index contributed by atoms with van der Waals surface area (Å²) < 4.78 is 5.39. The lowest BCUT2D eigenvalue weighted by molar-refractivity contribution is -0.143. The molecule has 0 spiro atoms. The Morgan fingerprint density at radius 1 is 1.38 bits per heavy atom. The molecule has 0 aliphatic heterocycles. The van der Waals surface area contributed by atoms with Gasteiger partial charge in [0.15, 0.2) is 0 Å². The first kappa shape index (κ1) is 24.2. The van der Waals surface area contributed by atoms with Crippen LogP contribution in [0.2, 0.25) is 0 Å². The molecule has 0 amide bonds. The van der Waals surface area contributed by atoms with Gasteiger partial charge in [-0.25, -0.2) is 0 Å². The van der Waals surface area contributed by atoms with Crippen molar-refractivity contribution in [1.29, 1.82) is 0 Å². The first-order chi connectivity index (χ1) is 13.5. The molecule has 0 radical (unpaired) electrons. The van der Waals surface area contributed by atoms with E-state index in [1.807, 2.05) is 0 Å². The Hall–Kier alpha value is -1.09. The molecule has 166 valence electrons. The van der Waals surface area contributed by atoms with Crippen molar-refractivity contribution in [3.8, 4) is 0 Å². The molecule has 29 heavy (non-hydrogen) atoms. The van der Waals surface area contributed by atoms with Gasteiger partial charge in [-0.2, -0.15) is 0 Å². The summed E-state index contributed by atoms with van der Waals surface area (Å²) in [5, 5.41) is 10.6. The van der Waals surface area contributed by atoms with E-state index < -0.39 is 0 Å². The predicted molar refractivity (Wildman–Crippen MR) is 121 cm³/mol. The molecule has 5 unspecified atom stereocenters. The van der Waals surface area contributed by atoms with E-state index >= 15 is 0 Å². The zero-order valence-electron chi connectivity index (χ0n) is 19.9. The Kier molecular flexibility index (Phi) is 8.18. The van der Waals surface area contributed by atoms with Gasteiger partial charge in [0.2, 0.25) is 0 Å². The third-order valence-corrected chi connectivity index (χ3v) is 8.25. The highest BCUT2D eigenvalue weighted by molar-refractivity contribution is 5.69. The van der Waals surface area contributed by atoms with Gasteiger partial charge < -0.3 is 9.84 Å². The van der Waals surface area contributed by atoms with Gasteiger partial charge in [-0.1, -0.05) is 58.3 Å². The number of rotatable bonds is 8. The van der Waals surface area contributed by atoms with Crippen molar-refractivity contribution in [2.24, 2.45) is 28.6 Å². The maximum atomic E-state index is 11.8. The van der Waals surface area contributed by atoms with Crippen molar-refractivity contribution < 1.29 is 14.6 Å². The summed E-state index contributed by atoms with van der Waals surface area (Å²) in [7, 11) is 0. The van der Waals surface area contributed by atoms with Crippen molar-refractivity contribution in [1.82, 2.24) is 0 Å². The van der Waals surface area contributed by atoms with Crippen molar-refractivity contribution in [2.45, 2.75) is 99.5 Å². The minimum absolute atomic E-state index is 0.0306. The number of esters is 1. The van der Waals surface area contributed by atoms with E-state index in [0.29, 0.717) is 30.8 Å². The van der Waals surface area contributed by atoms with Gasteiger partial charge in [-0.3, -0.25) is 4.79 Å². The first-order valence-electron chi connectivity index (χ1n) is 11.7. The van der Waals surface area contributed by atoms with Gasteiger partial charge in [-0.05, 0) is 80.6 Å². The van der Waals surface area contributed by atoms with Crippen LogP contribution in [0, 0.1) is 28.6 Å². The number of carbonyl (C=O) groups excluding carboxylic acids is 1. The normalized spacial score (nSPS) is 32.9. The molecule has 1 saturated carbocycles. The minimum atomic E-state index is -0.195. The molecule has 0 saturated heterocycles. The van der Waals surface area contributed by atoms with Crippen molar-refractivity contribution in [3.05, 3.63) is 23.3 Å². The Labute approximate surface area is 179 Å². The maximum absolute atomic E-state index is 11.8. The summed E-state index contributed by atoms with van der Waals surface area (Å²) in [6, 6.07) is 0. The number of hydrogen-bond donors (Lipinski definition) is 1. The first-order valence-corrected chi connectivity index (χ1v) is 11.7. The molecular weight excluding hydrogens is 360 g/mol. The Morgan fingerprint density at radius 3 is 2.72 bits per heavy atom. The van der Waals surface area contributed by atoms with Gasteiger partial charge in [0.1, 0.15) is 6.61 Å². The Bertz CT molecular complexity index is 630. The van der Waals surface area contributed by atoms with Crippen molar-refractivity contribution in [2.75, 3.05) is 6.61 Å². The second-order valence-corrected chi connectivity index (χ2v) is 10.7. The van der Waals surface area contributed by atoms with Crippen molar-refractivity contribution >= 4 is 5.97 Å². The average molecular weight is 405 g/mol. The zero-order valence-corrected chi connectivity index (χ0v) is 19.9. The van der Waals surface area contributed by atoms with Gasteiger partial charge >= 0.3 is 5.97 Å². The molecule has 0 bridgehead atoms. The molecule has 1 N–H and O–H groups in total. The highest BCUT2D eigenvalue weighted by atomic mass is 16.5. The third-order valence-electron chi connectivity index (χ3n) is 8.25.